The lowest BCUT2D eigenvalue weighted by molar-refractivity contribution is -0.113. The summed E-state index contributed by atoms with van der Waals surface area (Å²) >= 11 is 0. The van der Waals surface area contributed by atoms with Crippen LogP contribution in [0.1, 0.15) is 19.4 Å². The van der Waals surface area contributed by atoms with Gasteiger partial charge in [-0.3, -0.25) is 9.00 Å². The maximum absolute atomic E-state index is 11.6. The molecule has 5 heteroatoms. The minimum Gasteiger partial charge on any atom is -0.325 e. The highest BCUT2D eigenvalue weighted by Gasteiger charge is 2.09. The van der Waals surface area contributed by atoms with Gasteiger partial charge in [0, 0.05) is 22.2 Å². The molecule has 0 fully saturated rings. The number of amides is 1. The van der Waals surface area contributed by atoms with E-state index in [0.29, 0.717) is 22.9 Å². The van der Waals surface area contributed by atoms with E-state index in [1.807, 2.05) is 19.9 Å². The molecule has 0 aliphatic rings. The second-order valence-electron chi connectivity index (χ2n) is 4.38. The van der Waals surface area contributed by atoms with Crippen LogP contribution in [0.4, 0.5) is 5.69 Å². The van der Waals surface area contributed by atoms with E-state index in [1.165, 1.54) is 0 Å². The number of anilines is 1. The van der Waals surface area contributed by atoms with Crippen molar-refractivity contribution in [3.63, 3.8) is 0 Å². The zero-order valence-electron chi connectivity index (χ0n) is 10.5. The highest BCUT2D eigenvalue weighted by atomic mass is 32.2. The molecular weight excluding hydrogens is 248 g/mol. The fraction of sp³-hybridized carbons (Fsp3) is 0.385. The van der Waals surface area contributed by atoms with Gasteiger partial charge in [0.15, 0.2) is 0 Å². The van der Waals surface area contributed by atoms with Gasteiger partial charge in [0.2, 0.25) is 5.91 Å². The summed E-state index contributed by atoms with van der Waals surface area (Å²) in [5, 5.41) is 11.3. The first-order valence-electron chi connectivity index (χ1n) is 5.66. The first kappa shape index (κ1) is 14.4. The smallest absolute Gasteiger partial charge is 0.236 e. The van der Waals surface area contributed by atoms with Gasteiger partial charge in [0.05, 0.1) is 11.6 Å². The Morgan fingerprint density at radius 2 is 2.00 bits per heavy atom. The SMILES string of the molecule is CC(C)CS(=O)CC(=O)Nc1ccc(C#N)cc1. The van der Waals surface area contributed by atoms with E-state index in [2.05, 4.69) is 5.32 Å². The molecule has 1 rings (SSSR count). The molecule has 0 saturated heterocycles. The minimum absolute atomic E-state index is 0.0121. The van der Waals surface area contributed by atoms with E-state index in [-0.39, 0.29) is 11.7 Å². The molecule has 0 aromatic heterocycles. The molecule has 0 aliphatic heterocycles. The monoisotopic (exact) mass is 264 g/mol. The second-order valence-corrected chi connectivity index (χ2v) is 5.88. The Balaban J connectivity index is 2.49. The molecule has 0 saturated carbocycles. The Bertz CT molecular complexity index is 475. The molecule has 1 aromatic rings. The van der Waals surface area contributed by atoms with Gasteiger partial charge in [-0.25, -0.2) is 0 Å². The minimum atomic E-state index is -1.12. The van der Waals surface area contributed by atoms with Crippen LogP contribution in [-0.2, 0) is 15.6 Å². The van der Waals surface area contributed by atoms with Gasteiger partial charge in [0.1, 0.15) is 5.75 Å². The Morgan fingerprint density at radius 1 is 1.39 bits per heavy atom. The summed E-state index contributed by atoms with van der Waals surface area (Å²) in [6.07, 6.45) is 0. The highest BCUT2D eigenvalue weighted by Crippen LogP contribution is 2.08. The van der Waals surface area contributed by atoms with Crippen LogP contribution in [0.15, 0.2) is 24.3 Å². The Labute approximate surface area is 109 Å². The van der Waals surface area contributed by atoms with Gasteiger partial charge >= 0.3 is 0 Å². The number of benzene rings is 1. The molecule has 0 bridgehead atoms. The number of nitrogens with zero attached hydrogens (tertiary/aromatic N) is 1. The molecule has 1 amide bonds. The van der Waals surface area contributed by atoms with Crippen molar-refractivity contribution in [3.8, 4) is 6.07 Å². The quantitative estimate of drug-likeness (QED) is 0.883. The maximum Gasteiger partial charge on any atom is 0.236 e. The van der Waals surface area contributed by atoms with Crippen molar-refractivity contribution in [2.24, 2.45) is 5.92 Å². The van der Waals surface area contributed by atoms with E-state index in [0.717, 1.165) is 0 Å². The van der Waals surface area contributed by atoms with Gasteiger partial charge in [-0.05, 0) is 30.2 Å². The molecule has 0 radical (unpaired) electrons. The third kappa shape index (κ3) is 5.11. The van der Waals surface area contributed by atoms with Gasteiger partial charge in [-0.2, -0.15) is 5.26 Å². The van der Waals surface area contributed by atoms with Crippen molar-refractivity contribution >= 4 is 22.4 Å². The van der Waals surface area contributed by atoms with E-state index >= 15 is 0 Å². The Kier molecular flexibility index (Phi) is 5.53. The highest BCUT2D eigenvalue weighted by molar-refractivity contribution is 7.85. The van der Waals surface area contributed by atoms with Crippen molar-refractivity contribution in [2.75, 3.05) is 16.8 Å². The van der Waals surface area contributed by atoms with Crippen molar-refractivity contribution in [1.82, 2.24) is 0 Å². The Hall–Kier alpha value is -1.67. The van der Waals surface area contributed by atoms with Crippen LogP contribution < -0.4 is 5.32 Å². The number of rotatable bonds is 5. The van der Waals surface area contributed by atoms with Crippen LogP contribution in [0.25, 0.3) is 0 Å². The standard InChI is InChI=1S/C13H16N2O2S/c1-10(2)8-18(17)9-13(16)15-12-5-3-11(7-14)4-6-12/h3-6,10H,8-9H2,1-2H3,(H,15,16). The molecule has 0 aliphatic carbocycles. The summed E-state index contributed by atoms with van der Waals surface area (Å²) in [7, 11) is -1.12. The lowest BCUT2D eigenvalue weighted by Crippen LogP contribution is -2.22. The van der Waals surface area contributed by atoms with Gasteiger partial charge in [-0.1, -0.05) is 13.8 Å². The molecule has 0 spiro atoms. The summed E-state index contributed by atoms with van der Waals surface area (Å²) in [4.78, 5) is 11.6. The number of carbonyl (C=O) groups excluding carboxylic acids is 1. The van der Waals surface area contributed by atoms with Gasteiger partial charge < -0.3 is 5.32 Å². The van der Waals surface area contributed by atoms with Crippen LogP contribution >= 0.6 is 0 Å². The van der Waals surface area contributed by atoms with E-state index in [9.17, 15) is 9.00 Å². The van der Waals surface area contributed by atoms with Crippen molar-refractivity contribution in [3.05, 3.63) is 29.8 Å². The summed E-state index contributed by atoms with van der Waals surface area (Å²) < 4.78 is 11.6. The van der Waals surface area contributed by atoms with Gasteiger partial charge in [-0.15, -0.1) is 0 Å². The zero-order chi connectivity index (χ0) is 13.5. The summed E-state index contributed by atoms with van der Waals surface area (Å²) in [5.74, 6) is 0.589. The van der Waals surface area contributed by atoms with Crippen molar-refractivity contribution in [2.45, 2.75) is 13.8 Å². The first-order valence-corrected chi connectivity index (χ1v) is 7.15. The van der Waals surface area contributed by atoms with Crippen molar-refractivity contribution in [1.29, 1.82) is 5.26 Å². The molecule has 1 atom stereocenters. The topological polar surface area (TPSA) is 70.0 Å². The van der Waals surface area contributed by atoms with Crippen LogP contribution in [0.5, 0.6) is 0 Å². The molecule has 1 N–H and O–H groups in total. The number of nitriles is 1. The fourth-order valence-electron chi connectivity index (χ4n) is 1.40. The second kappa shape index (κ2) is 6.92. The first-order chi connectivity index (χ1) is 8.51. The predicted octanol–water partition coefficient (Wildman–Crippen LogP) is 1.90. The molecule has 1 unspecified atom stereocenters. The van der Waals surface area contributed by atoms with Gasteiger partial charge in [0.25, 0.3) is 0 Å². The average molecular weight is 264 g/mol. The van der Waals surface area contributed by atoms with E-state index < -0.39 is 10.8 Å². The van der Waals surface area contributed by atoms with E-state index in [1.54, 1.807) is 24.3 Å². The van der Waals surface area contributed by atoms with E-state index in [4.69, 9.17) is 5.26 Å². The number of carbonyl (C=O) groups is 1. The molecule has 4 nitrogen and oxygen atoms in total. The number of hydrogen-bond acceptors (Lipinski definition) is 3. The summed E-state index contributed by atoms with van der Waals surface area (Å²) in [5.41, 5.74) is 1.15. The Morgan fingerprint density at radius 3 is 2.50 bits per heavy atom. The normalized spacial score (nSPS) is 11.9. The fourth-order valence-corrected chi connectivity index (χ4v) is 2.63. The predicted molar refractivity (Wildman–Crippen MR) is 72.5 cm³/mol. The third-order valence-electron chi connectivity index (χ3n) is 2.11. The number of nitrogens with one attached hydrogen (secondary N) is 1. The van der Waals surface area contributed by atoms with Crippen LogP contribution in [0.3, 0.4) is 0 Å². The van der Waals surface area contributed by atoms with Crippen LogP contribution in [-0.4, -0.2) is 21.6 Å². The summed E-state index contributed by atoms with van der Waals surface area (Å²) in [6, 6.07) is 8.56. The van der Waals surface area contributed by atoms with Crippen LogP contribution in [0.2, 0.25) is 0 Å². The molecular formula is C13H16N2O2S. The third-order valence-corrected chi connectivity index (χ3v) is 3.73. The molecule has 96 valence electrons. The maximum atomic E-state index is 11.6. The zero-order valence-corrected chi connectivity index (χ0v) is 11.3. The molecule has 0 heterocycles. The molecule has 1 aromatic carbocycles. The molecule has 18 heavy (non-hydrogen) atoms. The van der Waals surface area contributed by atoms with Crippen molar-refractivity contribution < 1.29 is 9.00 Å². The largest absolute Gasteiger partial charge is 0.325 e. The summed E-state index contributed by atoms with van der Waals surface area (Å²) in [6.45, 7) is 3.94. The lowest BCUT2D eigenvalue weighted by Gasteiger charge is -2.06. The lowest BCUT2D eigenvalue weighted by atomic mass is 10.2. The average Bonchev–Trinajstić information content (AvgIpc) is 2.28. The number of hydrogen-bond donors (Lipinski definition) is 1. The van der Waals surface area contributed by atoms with Crippen LogP contribution in [0, 0.1) is 17.2 Å².